The second-order valence-corrected chi connectivity index (χ2v) is 11.5. The molecule has 10 heteroatoms. The van der Waals surface area contributed by atoms with Crippen LogP contribution in [0.1, 0.15) is 24.2 Å². The number of amides is 1. The molecule has 8 nitrogen and oxygen atoms in total. The lowest BCUT2D eigenvalue weighted by Gasteiger charge is -2.34. The minimum Gasteiger partial charge on any atom is -0.495 e. The molecule has 1 saturated heterocycles. The molecule has 1 aliphatic heterocycles. The summed E-state index contributed by atoms with van der Waals surface area (Å²) in [6, 6.07) is 9.93. The highest BCUT2D eigenvalue weighted by atomic mass is 32.2. The van der Waals surface area contributed by atoms with Crippen molar-refractivity contribution in [2.75, 3.05) is 45.3 Å². The van der Waals surface area contributed by atoms with Gasteiger partial charge in [-0.1, -0.05) is 11.3 Å². The van der Waals surface area contributed by atoms with Crippen molar-refractivity contribution in [3.63, 3.8) is 0 Å². The number of aromatic nitrogens is 1. The first-order valence-electron chi connectivity index (χ1n) is 10.7. The van der Waals surface area contributed by atoms with E-state index in [1.165, 1.54) is 12.1 Å². The lowest BCUT2D eigenvalue weighted by atomic mass is 10.2. The van der Waals surface area contributed by atoms with Gasteiger partial charge in [-0.2, -0.15) is 0 Å². The van der Waals surface area contributed by atoms with Crippen molar-refractivity contribution in [1.82, 2.24) is 9.88 Å². The van der Waals surface area contributed by atoms with Crippen LogP contribution in [0.2, 0.25) is 0 Å². The summed E-state index contributed by atoms with van der Waals surface area (Å²) in [4.78, 5) is 21.9. The molecular weight excluding hydrogens is 462 g/mol. The molecule has 176 valence electrons. The zero-order valence-corrected chi connectivity index (χ0v) is 20.7. The number of hydrogen-bond donors (Lipinski definition) is 0. The van der Waals surface area contributed by atoms with Crippen molar-refractivity contribution in [2.45, 2.75) is 24.0 Å². The number of benzene rings is 2. The Labute approximate surface area is 197 Å². The summed E-state index contributed by atoms with van der Waals surface area (Å²) in [6.07, 6.45) is 0. The van der Waals surface area contributed by atoms with Crippen LogP contribution in [0, 0.1) is 0 Å². The van der Waals surface area contributed by atoms with Crippen LogP contribution in [0.15, 0.2) is 41.3 Å². The van der Waals surface area contributed by atoms with Crippen LogP contribution in [0.25, 0.3) is 10.2 Å². The smallest absolute Gasteiger partial charge is 0.253 e. The molecule has 0 unspecified atom stereocenters. The van der Waals surface area contributed by atoms with Crippen LogP contribution < -0.4 is 14.4 Å². The number of piperazine rings is 1. The van der Waals surface area contributed by atoms with Gasteiger partial charge in [-0.3, -0.25) is 4.79 Å². The second kappa shape index (κ2) is 9.18. The number of methoxy groups -OCH3 is 2. The maximum atomic E-state index is 13.0. The Morgan fingerprint density at radius 3 is 2.15 bits per heavy atom. The molecule has 33 heavy (non-hydrogen) atoms. The number of hydrogen-bond acceptors (Lipinski definition) is 8. The SMILES string of the molecule is COc1ccc(OC)c2sc(N3CCN(C(=O)c4ccc(S(=O)(=O)C(C)C)cc4)CC3)nc12. The molecule has 0 N–H and O–H groups in total. The highest BCUT2D eigenvalue weighted by molar-refractivity contribution is 7.92. The standard InChI is InChI=1S/C23H27N3O5S2/c1-15(2)33(28,29)17-7-5-16(6-8-17)22(27)25-11-13-26(14-12-25)23-24-20-18(30-3)9-10-19(31-4)21(20)32-23/h5-10,15H,11-14H2,1-4H3. The van der Waals surface area contributed by atoms with Crippen molar-refractivity contribution in [3.8, 4) is 11.5 Å². The van der Waals surface area contributed by atoms with E-state index < -0.39 is 15.1 Å². The quantitative estimate of drug-likeness (QED) is 0.524. The molecule has 2 heterocycles. The van der Waals surface area contributed by atoms with Crippen LogP contribution >= 0.6 is 11.3 Å². The minimum absolute atomic E-state index is 0.101. The minimum atomic E-state index is -3.36. The fourth-order valence-corrected chi connectivity index (χ4v) is 5.94. The zero-order chi connectivity index (χ0) is 23.8. The summed E-state index contributed by atoms with van der Waals surface area (Å²) < 4.78 is 36.5. The second-order valence-electron chi connectivity index (χ2n) is 8.04. The molecule has 0 radical (unpaired) electrons. The van der Waals surface area contributed by atoms with E-state index in [2.05, 4.69) is 4.90 Å². The first-order valence-corrected chi connectivity index (χ1v) is 13.0. The molecule has 0 atom stereocenters. The molecule has 4 rings (SSSR count). The monoisotopic (exact) mass is 489 g/mol. The zero-order valence-electron chi connectivity index (χ0n) is 19.1. The summed E-state index contributed by atoms with van der Waals surface area (Å²) >= 11 is 1.55. The van der Waals surface area contributed by atoms with E-state index in [4.69, 9.17) is 14.5 Å². The number of carbonyl (C=O) groups is 1. The van der Waals surface area contributed by atoms with E-state index in [1.807, 2.05) is 12.1 Å². The van der Waals surface area contributed by atoms with E-state index in [0.717, 1.165) is 21.1 Å². The van der Waals surface area contributed by atoms with Crippen molar-refractivity contribution >= 4 is 42.4 Å². The van der Waals surface area contributed by atoms with Crippen molar-refractivity contribution in [1.29, 1.82) is 0 Å². The highest BCUT2D eigenvalue weighted by Crippen LogP contribution is 2.40. The Balaban J connectivity index is 1.46. The first-order chi connectivity index (χ1) is 15.8. The average Bonchev–Trinajstić information content (AvgIpc) is 3.28. The first kappa shape index (κ1) is 23.3. The van der Waals surface area contributed by atoms with Gasteiger partial charge in [0, 0.05) is 31.7 Å². The third-order valence-corrected chi connectivity index (χ3v) is 9.09. The number of ether oxygens (including phenoxy) is 2. The number of anilines is 1. The number of fused-ring (bicyclic) bond motifs is 1. The number of thiazole rings is 1. The summed E-state index contributed by atoms with van der Waals surface area (Å²) in [5.41, 5.74) is 1.26. The molecule has 1 amide bonds. The van der Waals surface area contributed by atoms with Crippen molar-refractivity contribution in [2.24, 2.45) is 0 Å². The highest BCUT2D eigenvalue weighted by Gasteiger charge is 2.26. The van der Waals surface area contributed by atoms with Crippen molar-refractivity contribution < 1.29 is 22.7 Å². The Bertz CT molecular complexity index is 1220. The van der Waals surface area contributed by atoms with Crippen LogP contribution in [-0.4, -0.2) is 69.9 Å². The van der Waals surface area contributed by atoms with Gasteiger partial charge >= 0.3 is 0 Å². The molecule has 3 aromatic rings. The Hall–Kier alpha value is -2.85. The molecule has 1 aliphatic rings. The lowest BCUT2D eigenvalue weighted by Crippen LogP contribution is -2.48. The number of rotatable bonds is 6. The maximum Gasteiger partial charge on any atom is 0.253 e. The molecule has 1 fully saturated rings. The summed E-state index contributed by atoms with van der Waals surface area (Å²) in [5.74, 6) is 1.35. The fourth-order valence-electron chi connectivity index (χ4n) is 3.75. The van der Waals surface area contributed by atoms with Gasteiger partial charge in [-0.25, -0.2) is 13.4 Å². The fraction of sp³-hybridized carbons (Fsp3) is 0.391. The molecular formula is C23H27N3O5S2. The summed E-state index contributed by atoms with van der Waals surface area (Å²) in [6.45, 7) is 5.69. The van der Waals surface area contributed by atoms with Gasteiger partial charge in [0.2, 0.25) is 0 Å². The predicted octanol–water partition coefficient (Wildman–Crippen LogP) is 3.46. The number of carbonyl (C=O) groups excluding carboxylic acids is 1. The number of nitrogens with zero attached hydrogens (tertiary/aromatic N) is 3. The van der Waals surface area contributed by atoms with Gasteiger partial charge in [0.1, 0.15) is 21.7 Å². The topological polar surface area (TPSA) is 89.0 Å². The normalized spacial score (nSPS) is 14.7. The third-order valence-electron chi connectivity index (χ3n) is 5.79. The van der Waals surface area contributed by atoms with Gasteiger partial charge in [0.25, 0.3) is 5.91 Å². The molecule has 2 aromatic carbocycles. The maximum absolute atomic E-state index is 13.0. The summed E-state index contributed by atoms with van der Waals surface area (Å²) in [5, 5.41) is 0.359. The third kappa shape index (κ3) is 4.37. The molecule has 1 aromatic heterocycles. The molecule has 0 bridgehead atoms. The van der Waals surface area contributed by atoms with Crippen LogP contribution in [0.4, 0.5) is 5.13 Å². The predicted molar refractivity (Wildman–Crippen MR) is 130 cm³/mol. The average molecular weight is 490 g/mol. The van der Waals surface area contributed by atoms with Crippen LogP contribution in [0.5, 0.6) is 11.5 Å². The number of sulfone groups is 1. The summed E-state index contributed by atoms with van der Waals surface area (Å²) in [7, 11) is -0.104. The van der Waals surface area contributed by atoms with Crippen molar-refractivity contribution in [3.05, 3.63) is 42.0 Å². The van der Waals surface area contributed by atoms with E-state index >= 15 is 0 Å². The Morgan fingerprint density at radius 1 is 0.970 bits per heavy atom. The van der Waals surface area contributed by atoms with E-state index in [-0.39, 0.29) is 10.8 Å². The van der Waals surface area contributed by atoms with Gasteiger partial charge in [-0.05, 0) is 50.2 Å². The van der Waals surface area contributed by atoms with Crippen LogP contribution in [0.3, 0.4) is 0 Å². The lowest BCUT2D eigenvalue weighted by molar-refractivity contribution is 0.0746. The van der Waals surface area contributed by atoms with E-state index in [1.54, 1.807) is 56.4 Å². The van der Waals surface area contributed by atoms with Gasteiger partial charge in [-0.15, -0.1) is 0 Å². The van der Waals surface area contributed by atoms with Crippen LogP contribution in [-0.2, 0) is 9.84 Å². The Morgan fingerprint density at radius 2 is 1.58 bits per heavy atom. The van der Waals surface area contributed by atoms with E-state index in [9.17, 15) is 13.2 Å². The van der Waals surface area contributed by atoms with Gasteiger partial charge in [0.15, 0.2) is 15.0 Å². The van der Waals surface area contributed by atoms with Gasteiger partial charge in [0.05, 0.1) is 24.4 Å². The Kier molecular flexibility index (Phi) is 6.49. The van der Waals surface area contributed by atoms with Gasteiger partial charge < -0.3 is 19.3 Å². The van der Waals surface area contributed by atoms with E-state index in [0.29, 0.717) is 37.5 Å². The molecule has 0 saturated carbocycles. The molecule has 0 aliphatic carbocycles. The largest absolute Gasteiger partial charge is 0.495 e. The molecule has 0 spiro atoms.